The summed E-state index contributed by atoms with van der Waals surface area (Å²) in [6, 6.07) is 5.10. The molecule has 1 aromatic rings. The summed E-state index contributed by atoms with van der Waals surface area (Å²) in [5.41, 5.74) is 0.828. The Morgan fingerprint density at radius 3 is 2.41 bits per heavy atom. The Bertz CT molecular complexity index is 431. The van der Waals surface area contributed by atoms with Crippen LogP contribution in [0.5, 0.6) is 0 Å². The summed E-state index contributed by atoms with van der Waals surface area (Å²) in [7, 11) is 0. The number of carboxylic acid groups (broad SMARTS) is 1. The molecule has 0 aromatic heterocycles. The maximum absolute atomic E-state index is 11.4. The van der Waals surface area contributed by atoms with E-state index in [1.165, 1.54) is 0 Å². The third kappa shape index (κ3) is 2.89. The lowest BCUT2D eigenvalue weighted by molar-refractivity contribution is -0.143. The quantitative estimate of drug-likeness (QED) is 0.895. The Morgan fingerprint density at radius 2 is 1.88 bits per heavy atom. The van der Waals surface area contributed by atoms with Gasteiger partial charge in [-0.05, 0) is 75.5 Å². The molecule has 1 aromatic carbocycles. The number of hydrogen-bond donors (Lipinski definition) is 1. The molecule has 0 amide bonds. The molecule has 1 heterocycles. The van der Waals surface area contributed by atoms with E-state index in [-0.39, 0.29) is 0 Å². The number of aliphatic carboxylic acids is 1. The molecule has 1 fully saturated rings. The van der Waals surface area contributed by atoms with Crippen molar-refractivity contribution in [2.75, 3.05) is 13.1 Å². The van der Waals surface area contributed by atoms with Crippen molar-refractivity contribution in [1.29, 1.82) is 0 Å². The summed E-state index contributed by atoms with van der Waals surface area (Å²) in [5, 5.41) is 9.38. The van der Waals surface area contributed by atoms with E-state index < -0.39 is 12.0 Å². The van der Waals surface area contributed by atoms with Crippen LogP contribution in [0.3, 0.4) is 0 Å². The number of benzene rings is 1. The maximum Gasteiger partial charge on any atom is 0.325 e. The number of hydrogen-bond acceptors (Lipinski definition) is 2. The molecule has 3 nitrogen and oxygen atoms in total. The Hall–Kier alpha value is -0.390. The zero-order valence-electron chi connectivity index (χ0n) is 9.20. The van der Waals surface area contributed by atoms with Gasteiger partial charge in [-0.2, -0.15) is 0 Å². The van der Waals surface area contributed by atoms with E-state index in [2.05, 4.69) is 31.9 Å². The van der Waals surface area contributed by atoms with E-state index in [0.717, 1.165) is 40.4 Å². The van der Waals surface area contributed by atoms with Crippen molar-refractivity contribution in [3.63, 3.8) is 0 Å². The number of rotatable bonds is 3. The van der Waals surface area contributed by atoms with Crippen molar-refractivity contribution in [3.05, 3.63) is 32.7 Å². The van der Waals surface area contributed by atoms with Gasteiger partial charge in [-0.1, -0.05) is 6.07 Å². The second-order valence-electron chi connectivity index (χ2n) is 4.16. The van der Waals surface area contributed by atoms with Crippen molar-refractivity contribution in [2.45, 2.75) is 18.9 Å². The van der Waals surface area contributed by atoms with Crippen molar-refractivity contribution >= 4 is 37.8 Å². The van der Waals surface area contributed by atoms with Gasteiger partial charge >= 0.3 is 5.97 Å². The van der Waals surface area contributed by atoms with E-state index in [1.807, 2.05) is 23.1 Å². The molecule has 0 saturated carbocycles. The van der Waals surface area contributed by atoms with Crippen LogP contribution in [-0.4, -0.2) is 29.1 Å². The minimum Gasteiger partial charge on any atom is -0.480 e. The first kappa shape index (κ1) is 13.1. The number of likely N-dealkylation sites (tertiary alicyclic amines) is 1. The molecule has 2 rings (SSSR count). The zero-order chi connectivity index (χ0) is 12.4. The third-order valence-electron chi connectivity index (χ3n) is 3.00. The topological polar surface area (TPSA) is 40.5 Å². The van der Waals surface area contributed by atoms with Gasteiger partial charge in [0.25, 0.3) is 0 Å². The number of halogens is 2. The van der Waals surface area contributed by atoms with Crippen LogP contribution in [0.25, 0.3) is 0 Å². The minimum atomic E-state index is -0.777. The highest BCUT2D eigenvalue weighted by molar-refractivity contribution is 9.13. The highest BCUT2D eigenvalue weighted by atomic mass is 79.9. The highest BCUT2D eigenvalue weighted by Gasteiger charge is 2.29. The number of carboxylic acids is 1. The Balaban J connectivity index is 2.31. The Kier molecular flexibility index (Phi) is 4.22. The first-order valence-corrected chi connectivity index (χ1v) is 7.10. The van der Waals surface area contributed by atoms with Crippen LogP contribution in [0, 0.1) is 0 Å². The fourth-order valence-corrected chi connectivity index (χ4v) is 2.83. The average Bonchev–Trinajstić information content (AvgIpc) is 2.76. The van der Waals surface area contributed by atoms with Gasteiger partial charge in [0.15, 0.2) is 0 Å². The molecule has 92 valence electrons. The van der Waals surface area contributed by atoms with Gasteiger partial charge in [0.05, 0.1) is 0 Å². The van der Waals surface area contributed by atoms with Crippen molar-refractivity contribution in [3.8, 4) is 0 Å². The van der Waals surface area contributed by atoms with Gasteiger partial charge in [0.1, 0.15) is 6.04 Å². The molecule has 1 aliphatic rings. The van der Waals surface area contributed by atoms with Crippen molar-refractivity contribution < 1.29 is 9.90 Å². The largest absolute Gasteiger partial charge is 0.480 e. The Labute approximate surface area is 117 Å². The lowest BCUT2D eigenvalue weighted by atomic mass is 10.1. The fraction of sp³-hybridized carbons (Fsp3) is 0.417. The van der Waals surface area contributed by atoms with Crippen LogP contribution in [0.15, 0.2) is 27.1 Å². The van der Waals surface area contributed by atoms with Crippen LogP contribution >= 0.6 is 31.9 Å². The summed E-state index contributed by atoms with van der Waals surface area (Å²) in [6.07, 6.45) is 2.17. The normalized spacial score (nSPS) is 18.2. The predicted molar refractivity (Wildman–Crippen MR) is 73.0 cm³/mol. The number of carbonyl (C=O) groups is 1. The zero-order valence-corrected chi connectivity index (χ0v) is 12.4. The molecule has 0 radical (unpaired) electrons. The molecule has 0 bridgehead atoms. The summed E-state index contributed by atoms with van der Waals surface area (Å²) in [6.45, 7) is 1.73. The monoisotopic (exact) mass is 361 g/mol. The van der Waals surface area contributed by atoms with E-state index in [1.54, 1.807) is 0 Å². The number of nitrogens with zero attached hydrogens (tertiary/aromatic N) is 1. The first-order valence-electron chi connectivity index (χ1n) is 5.51. The first-order chi connectivity index (χ1) is 8.09. The van der Waals surface area contributed by atoms with Gasteiger partial charge in [0.2, 0.25) is 0 Å². The van der Waals surface area contributed by atoms with Crippen LogP contribution in [0.2, 0.25) is 0 Å². The van der Waals surface area contributed by atoms with E-state index in [9.17, 15) is 9.90 Å². The molecule has 1 saturated heterocycles. The SMILES string of the molecule is O=C(O)C(c1ccc(Br)c(Br)c1)N1CCCC1. The van der Waals surface area contributed by atoms with Crippen LogP contribution < -0.4 is 0 Å². The standard InChI is InChI=1S/C12H13Br2NO2/c13-9-4-3-8(7-10(9)14)11(12(16)17)15-5-1-2-6-15/h3-4,7,11H,1-2,5-6H2,(H,16,17). The lowest BCUT2D eigenvalue weighted by Gasteiger charge is -2.24. The molecule has 1 atom stereocenters. The second-order valence-corrected chi connectivity index (χ2v) is 5.87. The highest BCUT2D eigenvalue weighted by Crippen LogP contribution is 2.30. The smallest absolute Gasteiger partial charge is 0.325 e. The maximum atomic E-state index is 11.4. The molecular weight excluding hydrogens is 350 g/mol. The molecule has 5 heteroatoms. The average molecular weight is 363 g/mol. The van der Waals surface area contributed by atoms with Crippen LogP contribution in [0.4, 0.5) is 0 Å². The van der Waals surface area contributed by atoms with Gasteiger partial charge < -0.3 is 5.11 Å². The summed E-state index contributed by atoms with van der Waals surface area (Å²) < 4.78 is 1.83. The van der Waals surface area contributed by atoms with Crippen molar-refractivity contribution in [1.82, 2.24) is 4.90 Å². The van der Waals surface area contributed by atoms with Gasteiger partial charge in [0, 0.05) is 8.95 Å². The Morgan fingerprint density at radius 1 is 1.24 bits per heavy atom. The van der Waals surface area contributed by atoms with E-state index >= 15 is 0 Å². The summed E-state index contributed by atoms with van der Waals surface area (Å²) in [4.78, 5) is 13.4. The molecule has 1 N–H and O–H groups in total. The van der Waals surface area contributed by atoms with Crippen molar-refractivity contribution in [2.24, 2.45) is 0 Å². The third-order valence-corrected chi connectivity index (χ3v) is 4.88. The van der Waals surface area contributed by atoms with Gasteiger partial charge in [-0.15, -0.1) is 0 Å². The molecule has 17 heavy (non-hydrogen) atoms. The molecule has 0 spiro atoms. The second kappa shape index (κ2) is 5.50. The minimum absolute atomic E-state index is 0.526. The lowest BCUT2D eigenvalue weighted by Crippen LogP contribution is -2.31. The molecular formula is C12H13Br2NO2. The summed E-state index contributed by atoms with van der Waals surface area (Å²) >= 11 is 6.80. The van der Waals surface area contributed by atoms with Crippen LogP contribution in [-0.2, 0) is 4.79 Å². The predicted octanol–water partition coefficient (Wildman–Crippen LogP) is 3.43. The van der Waals surface area contributed by atoms with E-state index in [0.29, 0.717) is 0 Å². The van der Waals surface area contributed by atoms with Gasteiger partial charge in [-0.3, -0.25) is 9.69 Å². The fourth-order valence-electron chi connectivity index (χ4n) is 2.19. The summed E-state index contributed by atoms with van der Waals surface area (Å²) in [5.74, 6) is -0.777. The molecule has 0 aliphatic carbocycles. The van der Waals surface area contributed by atoms with Crippen LogP contribution in [0.1, 0.15) is 24.4 Å². The van der Waals surface area contributed by atoms with Gasteiger partial charge in [-0.25, -0.2) is 0 Å². The molecule has 1 aliphatic heterocycles. The molecule has 1 unspecified atom stereocenters. The van der Waals surface area contributed by atoms with E-state index in [4.69, 9.17) is 0 Å².